The van der Waals surface area contributed by atoms with E-state index in [-0.39, 0.29) is 12.1 Å². The summed E-state index contributed by atoms with van der Waals surface area (Å²) in [7, 11) is 0. The molecule has 21 heavy (non-hydrogen) atoms. The highest BCUT2D eigenvalue weighted by Gasteiger charge is 2.12. The van der Waals surface area contributed by atoms with E-state index in [1.54, 1.807) is 18.2 Å². The Morgan fingerprint density at radius 1 is 1.14 bits per heavy atom. The summed E-state index contributed by atoms with van der Waals surface area (Å²) in [5.41, 5.74) is -1.01. The van der Waals surface area contributed by atoms with E-state index >= 15 is 0 Å². The van der Waals surface area contributed by atoms with Gasteiger partial charge in [-0.05, 0) is 11.6 Å². The van der Waals surface area contributed by atoms with Crippen molar-refractivity contribution in [2.45, 2.75) is 6.42 Å². The summed E-state index contributed by atoms with van der Waals surface area (Å²) in [5, 5.41) is 11.3. The topological polar surface area (TPSA) is 132 Å². The third-order valence-electron chi connectivity index (χ3n) is 2.61. The molecule has 0 radical (unpaired) electrons. The number of hydrogen-bond acceptors (Lipinski definition) is 4. The Labute approximate surface area is 117 Å². The summed E-state index contributed by atoms with van der Waals surface area (Å²) in [4.78, 5) is 49.1. The van der Waals surface area contributed by atoms with Crippen molar-refractivity contribution in [2.75, 3.05) is 5.32 Å². The maximum absolute atomic E-state index is 12.0. The number of anilines is 1. The second-order valence-electron chi connectivity index (χ2n) is 4.18. The van der Waals surface area contributed by atoms with E-state index < -0.39 is 23.1 Å². The Morgan fingerprint density at radius 2 is 1.86 bits per heavy atom. The van der Waals surface area contributed by atoms with E-state index in [1.165, 1.54) is 6.07 Å². The average Bonchev–Trinajstić information content (AvgIpc) is 2.39. The third kappa shape index (κ3) is 3.66. The molecule has 1 aromatic carbocycles. The molecule has 2 rings (SSSR count). The zero-order valence-electron chi connectivity index (χ0n) is 10.7. The molecule has 8 heteroatoms. The molecule has 1 amide bonds. The van der Waals surface area contributed by atoms with Crippen LogP contribution in [-0.2, 0) is 11.2 Å². The largest absolute Gasteiger partial charge is 0.481 e. The molecule has 2 aromatic rings. The minimum atomic E-state index is -1.04. The van der Waals surface area contributed by atoms with Crippen LogP contribution in [0, 0.1) is 0 Å². The Balaban J connectivity index is 2.29. The fraction of sp³-hybridized carbons (Fsp3) is 0.0769. The monoisotopic (exact) mass is 289 g/mol. The Bertz CT molecular complexity index is 777. The van der Waals surface area contributed by atoms with Gasteiger partial charge in [0.2, 0.25) is 0 Å². The molecular weight excluding hydrogens is 278 g/mol. The second-order valence-corrected chi connectivity index (χ2v) is 4.18. The van der Waals surface area contributed by atoms with Crippen molar-refractivity contribution in [1.82, 2.24) is 9.97 Å². The number of carboxylic acids is 1. The summed E-state index contributed by atoms with van der Waals surface area (Å²) in [6.45, 7) is 0. The molecule has 1 aromatic heterocycles. The number of carbonyl (C=O) groups is 2. The minimum absolute atomic E-state index is 0.214. The van der Waals surface area contributed by atoms with E-state index in [4.69, 9.17) is 5.11 Å². The van der Waals surface area contributed by atoms with Crippen LogP contribution in [0.3, 0.4) is 0 Å². The number of hydrogen-bond donors (Lipinski definition) is 4. The number of rotatable bonds is 4. The molecule has 8 nitrogen and oxygen atoms in total. The van der Waals surface area contributed by atoms with Crippen molar-refractivity contribution in [3.8, 4) is 0 Å². The first-order valence-corrected chi connectivity index (χ1v) is 5.90. The molecule has 0 fully saturated rings. The van der Waals surface area contributed by atoms with Gasteiger partial charge in [0, 0.05) is 11.8 Å². The van der Waals surface area contributed by atoms with Gasteiger partial charge in [-0.25, -0.2) is 4.79 Å². The van der Waals surface area contributed by atoms with E-state index in [2.05, 4.69) is 10.3 Å². The van der Waals surface area contributed by atoms with Gasteiger partial charge >= 0.3 is 11.7 Å². The summed E-state index contributed by atoms with van der Waals surface area (Å²) in [5.74, 6) is -1.75. The smallest absolute Gasteiger partial charge is 0.326 e. The van der Waals surface area contributed by atoms with Crippen LogP contribution in [0.15, 0.2) is 39.9 Å². The van der Waals surface area contributed by atoms with Gasteiger partial charge in [0.15, 0.2) is 0 Å². The number of aromatic amines is 2. The summed E-state index contributed by atoms with van der Waals surface area (Å²) < 4.78 is 0. The molecule has 0 spiro atoms. The molecule has 0 saturated carbocycles. The van der Waals surface area contributed by atoms with Crippen LogP contribution in [0.25, 0.3) is 0 Å². The number of amides is 1. The second kappa shape index (κ2) is 5.87. The number of carbonyl (C=O) groups excluding carboxylic acids is 1. The summed E-state index contributed by atoms with van der Waals surface area (Å²) in [6.07, 6.45) is -0.262. The maximum atomic E-state index is 12.0. The van der Waals surface area contributed by atoms with E-state index in [9.17, 15) is 19.2 Å². The van der Waals surface area contributed by atoms with Crippen LogP contribution in [0.5, 0.6) is 0 Å². The Kier molecular flexibility index (Phi) is 3.98. The lowest BCUT2D eigenvalue weighted by Crippen LogP contribution is -2.27. The number of benzene rings is 1. The van der Waals surface area contributed by atoms with E-state index in [0.717, 1.165) is 6.07 Å². The number of aromatic nitrogens is 2. The first kappa shape index (κ1) is 14.3. The summed E-state index contributed by atoms with van der Waals surface area (Å²) in [6, 6.07) is 7.30. The van der Waals surface area contributed by atoms with Crippen molar-refractivity contribution in [2.24, 2.45) is 0 Å². The molecule has 0 aliphatic heterocycles. The van der Waals surface area contributed by atoms with Gasteiger partial charge in [-0.2, -0.15) is 0 Å². The zero-order chi connectivity index (χ0) is 15.4. The minimum Gasteiger partial charge on any atom is -0.481 e. The SMILES string of the molecule is O=C(O)Cc1ccccc1NC(=O)c1cc(=O)[nH]c(=O)[nH]1. The van der Waals surface area contributed by atoms with E-state index in [0.29, 0.717) is 11.3 Å². The van der Waals surface area contributed by atoms with Crippen LogP contribution in [0.1, 0.15) is 16.1 Å². The molecule has 0 bridgehead atoms. The van der Waals surface area contributed by atoms with Crippen molar-refractivity contribution in [3.63, 3.8) is 0 Å². The lowest BCUT2D eigenvalue weighted by Gasteiger charge is -2.09. The highest BCUT2D eigenvalue weighted by atomic mass is 16.4. The normalized spacial score (nSPS) is 10.1. The highest BCUT2D eigenvalue weighted by Crippen LogP contribution is 2.16. The zero-order valence-corrected chi connectivity index (χ0v) is 10.7. The lowest BCUT2D eigenvalue weighted by atomic mass is 10.1. The first-order chi connectivity index (χ1) is 9.95. The van der Waals surface area contributed by atoms with Crippen molar-refractivity contribution in [3.05, 3.63) is 62.4 Å². The number of H-pyrrole nitrogens is 2. The quantitative estimate of drug-likeness (QED) is 0.626. The molecule has 0 aliphatic carbocycles. The molecule has 0 atom stereocenters. The number of carboxylic acid groups (broad SMARTS) is 1. The van der Waals surface area contributed by atoms with Crippen molar-refractivity contribution < 1.29 is 14.7 Å². The third-order valence-corrected chi connectivity index (χ3v) is 2.61. The molecule has 108 valence electrons. The van der Waals surface area contributed by atoms with Gasteiger partial charge in [-0.1, -0.05) is 18.2 Å². The van der Waals surface area contributed by atoms with E-state index in [1.807, 2.05) is 4.98 Å². The standard InChI is InChI=1S/C13H11N3O5/c17-10-6-9(15-13(21)16-10)12(20)14-8-4-2-1-3-7(8)5-11(18)19/h1-4,6H,5H2,(H,14,20)(H,18,19)(H2,15,16,17,21). The fourth-order valence-corrected chi connectivity index (χ4v) is 1.74. The van der Waals surface area contributed by atoms with Gasteiger partial charge in [0.05, 0.1) is 6.42 Å². The Hall–Kier alpha value is -3.16. The molecule has 0 unspecified atom stereocenters. The predicted octanol–water partition coefficient (Wildman–Crippen LogP) is -0.0574. The van der Waals surface area contributed by atoms with Crippen LogP contribution in [0.2, 0.25) is 0 Å². The predicted molar refractivity (Wildman–Crippen MR) is 73.4 cm³/mol. The van der Waals surface area contributed by atoms with Gasteiger partial charge in [-0.3, -0.25) is 19.4 Å². The Morgan fingerprint density at radius 3 is 2.52 bits per heavy atom. The maximum Gasteiger partial charge on any atom is 0.326 e. The lowest BCUT2D eigenvalue weighted by molar-refractivity contribution is -0.136. The average molecular weight is 289 g/mol. The van der Waals surface area contributed by atoms with Crippen LogP contribution >= 0.6 is 0 Å². The van der Waals surface area contributed by atoms with Crippen molar-refractivity contribution >= 4 is 17.6 Å². The number of para-hydroxylation sites is 1. The van der Waals surface area contributed by atoms with Gasteiger partial charge in [0.1, 0.15) is 5.69 Å². The van der Waals surface area contributed by atoms with Crippen LogP contribution in [0.4, 0.5) is 5.69 Å². The molecule has 0 aliphatic rings. The van der Waals surface area contributed by atoms with Crippen molar-refractivity contribution in [1.29, 1.82) is 0 Å². The van der Waals surface area contributed by atoms with Gasteiger partial charge in [-0.15, -0.1) is 0 Å². The highest BCUT2D eigenvalue weighted by molar-refractivity contribution is 6.03. The first-order valence-electron chi connectivity index (χ1n) is 5.90. The molecular formula is C13H11N3O5. The molecule has 1 heterocycles. The summed E-state index contributed by atoms with van der Waals surface area (Å²) >= 11 is 0. The van der Waals surface area contributed by atoms with Crippen LogP contribution in [-0.4, -0.2) is 27.0 Å². The molecule has 0 saturated heterocycles. The van der Waals surface area contributed by atoms with Gasteiger partial charge in [0.25, 0.3) is 11.5 Å². The fourth-order valence-electron chi connectivity index (χ4n) is 1.74. The molecule has 4 N–H and O–H groups in total. The van der Waals surface area contributed by atoms with Crippen LogP contribution < -0.4 is 16.6 Å². The number of nitrogens with one attached hydrogen (secondary N) is 3. The van der Waals surface area contributed by atoms with Gasteiger partial charge < -0.3 is 15.4 Å². The number of aliphatic carboxylic acids is 1.